The zero-order valence-corrected chi connectivity index (χ0v) is 16.3. The number of benzene rings is 3. The zero-order chi connectivity index (χ0) is 19.5. The molecule has 4 aromatic rings. The third-order valence-electron chi connectivity index (χ3n) is 4.48. The largest absolute Gasteiger partial charge is 0.445 e. The summed E-state index contributed by atoms with van der Waals surface area (Å²) in [5.74, 6) is -0.824. The van der Waals surface area contributed by atoms with Crippen LogP contribution in [0.25, 0.3) is 10.9 Å². The number of esters is 1. The van der Waals surface area contributed by atoms with Gasteiger partial charge in [-0.1, -0.05) is 70.5 Å². The van der Waals surface area contributed by atoms with Gasteiger partial charge >= 0.3 is 5.97 Å². The standard InChI is InChI=1S/C23H16BrNO3/c24-17-10-6-9-16(13-17)23(27)28-22(15-7-2-1-3-8-15)21(26)19-14-25-20-12-5-4-11-18(19)20/h1-14,22,25H. The summed E-state index contributed by atoms with van der Waals surface area (Å²) < 4.78 is 6.45. The van der Waals surface area contributed by atoms with E-state index in [4.69, 9.17) is 4.74 Å². The van der Waals surface area contributed by atoms with Gasteiger partial charge in [-0.2, -0.15) is 0 Å². The molecule has 0 spiro atoms. The molecule has 0 saturated carbocycles. The predicted octanol–water partition coefficient (Wildman–Crippen LogP) is 5.71. The Morgan fingerprint density at radius 2 is 1.64 bits per heavy atom. The number of aromatic nitrogens is 1. The summed E-state index contributed by atoms with van der Waals surface area (Å²) in [6.45, 7) is 0. The lowest BCUT2D eigenvalue weighted by Gasteiger charge is -2.17. The zero-order valence-electron chi connectivity index (χ0n) is 14.8. The first-order valence-corrected chi connectivity index (χ1v) is 9.54. The average Bonchev–Trinajstić information content (AvgIpc) is 3.16. The molecule has 1 unspecified atom stereocenters. The molecule has 5 heteroatoms. The molecule has 0 aliphatic rings. The van der Waals surface area contributed by atoms with E-state index >= 15 is 0 Å². The number of fused-ring (bicyclic) bond motifs is 1. The first kappa shape index (κ1) is 18.2. The van der Waals surface area contributed by atoms with Crippen molar-refractivity contribution in [3.05, 3.63) is 106 Å². The number of hydrogen-bond acceptors (Lipinski definition) is 3. The molecule has 4 rings (SSSR count). The summed E-state index contributed by atoms with van der Waals surface area (Å²) in [6, 6.07) is 23.5. The van der Waals surface area contributed by atoms with E-state index in [0.29, 0.717) is 16.7 Å². The van der Waals surface area contributed by atoms with E-state index in [9.17, 15) is 9.59 Å². The van der Waals surface area contributed by atoms with Crippen molar-refractivity contribution >= 4 is 38.6 Å². The van der Waals surface area contributed by atoms with E-state index in [1.54, 1.807) is 36.5 Å². The number of carbonyl (C=O) groups excluding carboxylic acids is 2. The first-order valence-electron chi connectivity index (χ1n) is 8.75. The van der Waals surface area contributed by atoms with Crippen molar-refractivity contribution in [3.63, 3.8) is 0 Å². The molecule has 0 saturated heterocycles. The number of ether oxygens (including phenoxy) is 1. The van der Waals surface area contributed by atoms with Crippen LogP contribution in [-0.2, 0) is 4.74 Å². The highest BCUT2D eigenvalue weighted by Gasteiger charge is 2.28. The van der Waals surface area contributed by atoms with Gasteiger partial charge in [-0.15, -0.1) is 0 Å². The number of aromatic amines is 1. The van der Waals surface area contributed by atoms with Crippen molar-refractivity contribution < 1.29 is 14.3 Å². The van der Waals surface area contributed by atoms with Crippen molar-refractivity contribution in [2.75, 3.05) is 0 Å². The molecule has 0 fully saturated rings. The van der Waals surface area contributed by atoms with Crippen molar-refractivity contribution in [1.82, 2.24) is 4.98 Å². The molecular formula is C23H16BrNO3. The minimum atomic E-state index is -1.04. The molecular weight excluding hydrogens is 418 g/mol. The molecule has 0 aliphatic heterocycles. The highest BCUT2D eigenvalue weighted by Crippen LogP contribution is 2.28. The molecule has 0 radical (unpaired) electrons. The summed E-state index contributed by atoms with van der Waals surface area (Å²) >= 11 is 3.35. The number of rotatable bonds is 5. The molecule has 1 N–H and O–H groups in total. The molecule has 0 aliphatic carbocycles. The van der Waals surface area contributed by atoms with Gasteiger partial charge in [0.1, 0.15) is 0 Å². The fourth-order valence-electron chi connectivity index (χ4n) is 3.11. The molecule has 3 aromatic carbocycles. The lowest BCUT2D eigenvalue weighted by Crippen LogP contribution is -2.20. The van der Waals surface area contributed by atoms with E-state index in [-0.39, 0.29) is 5.78 Å². The maximum absolute atomic E-state index is 13.3. The molecule has 28 heavy (non-hydrogen) atoms. The molecule has 1 atom stereocenters. The van der Waals surface area contributed by atoms with Crippen LogP contribution in [0.2, 0.25) is 0 Å². The lowest BCUT2D eigenvalue weighted by molar-refractivity contribution is 0.0280. The number of hydrogen-bond donors (Lipinski definition) is 1. The fraction of sp³-hybridized carbons (Fsp3) is 0.0435. The van der Waals surface area contributed by atoms with Crippen LogP contribution < -0.4 is 0 Å². The summed E-state index contributed by atoms with van der Waals surface area (Å²) in [5.41, 5.74) is 2.35. The summed E-state index contributed by atoms with van der Waals surface area (Å²) in [4.78, 5) is 29.2. The summed E-state index contributed by atoms with van der Waals surface area (Å²) in [6.07, 6.45) is 0.627. The number of ketones is 1. The molecule has 4 nitrogen and oxygen atoms in total. The minimum Gasteiger partial charge on any atom is -0.445 e. The third kappa shape index (κ3) is 3.62. The first-order chi connectivity index (χ1) is 13.6. The number of halogens is 1. The topological polar surface area (TPSA) is 59.2 Å². The number of nitrogens with one attached hydrogen (secondary N) is 1. The van der Waals surface area contributed by atoms with Crippen LogP contribution in [-0.4, -0.2) is 16.7 Å². The van der Waals surface area contributed by atoms with Crippen molar-refractivity contribution in [3.8, 4) is 0 Å². The number of H-pyrrole nitrogens is 1. The number of para-hydroxylation sites is 1. The monoisotopic (exact) mass is 433 g/mol. The Bertz CT molecular complexity index is 1150. The Morgan fingerprint density at radius 1 is 0.893 bits per heavy atom. The summed E-state index contributed by atoms with van der Waals surface area (Å²) in [5, 5.41) is 0.798. The van der Waals surface area contributed by atoms with Crippen molar-refractivity contribution in [2.45, 2.75) is 6.10 Å². The lowest BCUT2D eigenvalue weighted by atomic mass is 9.99. The van der Waals surface area contributed by atoms with E-state index in [1.165, 1.54) is 0 Å². The second-order valence-electron chi connectivity index (χ2n) is 6.32. The number of carbonyl (C=O) groups is 2. The van der Waals surface area contributed by atoms with Crippen LogP contribution in [0.1, 0.15) is 32.4 Å². The van der Waals surface area contributed by atoms with E-state index < -0.39 is 12.1 Å². The highest BCUT2D eigenvalue weighted by molar-refractivity contribution is 9.10. The Balaban J connectivity index is 1.72. The van der Waals surface area contributed by atoms with Crippen LogP contribution in [0.5, 0.6) is 0 Å². The van der Waals surface area contributed by atoms with Gasteiger partial charge in [-0.25, -0.2) is 4.79 Å². The maximum Gasteiger partial charge on any atom is 0.339 e. The van der Waals surface area contributed by atoms with Crippen LogP contribution in [0.3, 0.4) is 0 Å². The maximum atomic E-state index is 13.3. The second kappa shape index (κ2) is 7.82. The SMILES string of the molecule is O=C(OC(C(=O)c1c[nH]c2ccccc12)c1ccccc1)c1cccc(Br)c1. The van der Waals surface area contributed by atoms with Gasteiger partial charge in [0, 0.05) is 32.7 Å². The summed E-state index contributed by atoms with van der Waals surface area (Å²) in [7, 11) is 0. The molecule has 1 heterocycles. The number of Topliss-reactive ketones (excluding diaryl/α,β-unsaturated/α-hetero) is 1. The molecule has 138 valence electrons. The Hall–Kier alpha value is -3.18. The van der Waals surface area contributed by atoms with Crippen LogP contribution in [0.15, 0.2) is 89.5 Å². The predicted molar refractivity (Wildman–Crippen MR) is 111 cm³/mol. The quantitative estimate of drug-likeness (QED) is 0.323. The second-order valence-corrected chi connectivity index (χ2v) is 7.23. The van der Waals surface area contributed by atoms with Gasteiger partial charge in [0.2, 0.25) is 5.78 Å². The van der Waals surface area contributed by atoms with Crippen molar-refractivity contribution in [2.24, 2.45) is 0 Å². The van der Waals surface area contributed by atoms with Gasteiger partial charge in [-0.05, 0) is 24.3 Å². The van der Waals surface area contributed by atoms with Gasteiger partial charge < -0.3 is 9.72 Å². The molecule has 0 amide bonds. The molecule has 1 aromatic heterocycles. The van der Waals surface area contributed by atoms with Gasteiger partial charge in [0.25, 0.3) is 0 Å². The van der Waals surface area contributed by atoms with Gasteiger partial charge in [0.15, 0.2) is 6.10 Å². The third-order valence-corrected chi connectivity index (χ3v) is 4.97. The van der Waals surface area contributed by atoms with Gasteiger partial charge in [-0.3, -0.25) is 4.79 Å². The van der Waals surface area contributed by atoms with Crippen molar-refractivity contribution in [1.29, 1.82) is 0 Å². The Labute approximate surface area is 170 Å². The van der Waals surface area contributed by atoms with E-state index in [1.807, 2.05) is 48.5 Å². The van der Waals surface area contributed by atoms with Gasteiger partial charge in [0.05, 0.1) is 5.56 Å². The smallest absolute Gasteiger partial charge is 0.339 e. The molecule has 0 bridgehead atoms. The Morgan fingerprint density at radius 3 is 2.43 bits per heavy atom. The van der Waals surface area contributed by atoms with E-state index in [2.05, 4.69) is 20.9 Å². The average molecular weight is 434 g/mol. The van der Waals surface area contributed by atoms with Crippen LogP contribution >= 0.6 is 15.9 Å². The van der Waals surface area contributed by atoms with Crippen LogP contribution in [0, 0.1) is 0 Å². The normalized spacial score (nSPS) is 11.9. The van der Waals surface area contributed by atoms with E-state index in [0.717, 1.165) is 15.4 Å². The minimum absolute atomic E-state index is 0.271. The Kier molecular flexibility index (Phi) is 5.08. The fourth-order valence-corrected chi connectivity index (χ4v) is 3.51. The van der Waals surface area contributed by atoms with Crippen LogP contribution in [0.4, 0.5) is 0 Å². The highest BCUT2D eigenvalue weighted by atomic mass is 79.9.